The zero-order valence-corrected chi connectivity index (χ0v) is 15.8. The van der Waals surface area contributed by atoms with Gasteiger partial charge in [0.25, 0.3) is 5.91 Å². The Morgan fingerprint density at radius 1 is 1.26 bits per heavy atom. The maximum Gasteiger partial charge on any atom is 0.293 e. The van der Waals surface area contributed by atoms with Gasteiger partial charge in [0.2, 0.25) is 5.82 Å². The Morgan fingerprint density at radius 2 is 2.04 bits per heavy atom. The highest BCUT2D eigenvalue weighted by atomic mass is 16.3. The summed E-state index contributed by atoms with van der Waals surface area (Å²) in [6.45, 7) is 3.89. The van der Waals surface area contributed by atoms with Gasteiger partial charge in [-0.2, -0.15) is 4.98 Å². The predicted molar refractivity (Wildman–Crippen MR) is 102 cm³/mol. The average Bonchev–Trinajstić information content (AvgIpc) is 3.41. The van der Waals surface area contributed by atoms with Crippen molar-refractivity contribution in [2.24, 2.45) is 0 Å². The zero-order chi connectivity index (χ0) is 19.0. The SMILES string of the molecule is Cc1ccc(-n2nc(C(=O)N(C)C3CCN(C)C3)nc2-c2ccco2)cc1. The van der Waals surface area contributed by atoms with Gasteiger partial charge in [0.1, 0.15) is 0 Å². The van der Waals surface area contributed by atoms with Crippen LogP contribution in [0.25, 0.3) is 17.3 Å². The molecule has 1 fully saturated rings. The molecule has 1 atom stereocenters. The van der Waals surface area contributed by atoms with Crippen LogP contribution in [0.15, 0.2) is 47.1 Å². The first-order chi connectivity index (χ1) is 13.0. The minimum atomic E-state index is -0.172. The fraction of sp³-hybridized carbons (Fsp3) is 0.350. The number of furan rings is 1. The second-order valence-electron chi connectivity index (χ2n) is 7.10. The number of benzene rings is 1. The second kappa shape index (κ2) is 7.00. The van der Waals surface area contributed by atoms with E-state index in [9.17, 15) is 4.79 Å². The lowest BCUT2D eigenvalue weighted by Crippen LogP contribution is -2.39. The number of carbonyl (C=O) groups excluding carboxylic acids is 1. The van der Waals surface area contributed by atoms with Gasteiger partial charge in [-0.3, -0.25) is 4.79 Å². The third-order valence-electron chi connectivity index (χ3n) is 5.05. The molecule has 3 heterocycles. The number of rotatable bonds is 4. The molecular formula is C20H23N5O2. The van der Waals surface area contributed by atoms with Crippen LogP contribution in [0.1, 0.15) is 22.6 Å². The molecule has 1 saturated heterocycles. The van der Waals surface area contributed by atoms with Crippen molar-refractivity contribution in [1.82, 2.24) is 24.6 Å². The third kappa shape index (κ3) is 3.38. The molecule has 3 aromatic rings. The standard InChI is InChI=1S/C20H23N5O2/c1-14-6-8-15(9-7-14)25-19(17-5-4-12-27-17)21-18(22-25)20(26)24(3)16-10-11-23(2)13-16/h4-9,12,16H,10-11,13H2,1-3H3. The quantitative estimate of drug-likeness (QED) is 0.711. The summed E-state index contributed by atoms with van der Waals surface area (Å²) >= 11 is 0. The molecule has 7 heteroatoms. The topological polar surface area (TPSA) is 67.4 Å². The fourth-order valence-electron chi connectivity index (χ4n) is 3.39. The monoisotopic (exact) mass is 365 g/mol. The largest absolute Gasteiger partial charge is 0.461 e. The van der Waals surface area contributed by atoms with Gasteiger partial charge in [-0.1, -0.05) is 17.7 Å². The van der Waals surface area contributed by atoms with E-state index in [0.29, 0.717) is 11.6 Å². The lowest BCUT2D eigenvalue weighted by molar-refractivity contribution is 0.0725. The highest BCUT2D eigenvalue weighted by molar-refractivity contribution is 5.91. The van der Waals surface area contributed by atoms with Crippen molar-refractivity contribution in [2.45, 2.75) is 19.4 Å². The summed E-state index contributed by atoms with van der Waals surface area (Å²) in [5, 5.41) is 4.52. The normalized spacial score (nSPS) is 17.4. The number of likely N-dealkylation sites (N-methyl/N-ethyl adjacent to an activating group) is 2. The summed E-state index contributed by atoms with van der Waals surface area (Å²) in [7, 11) is 3.89. The van der Waals surface area contributed by atoms with E-state index < -0.39 is 0 Å². The van der Waals surface area contributed by atoms with E-state index >= 15 is 0 Å². The molecule has 7 nitrogen and oxygen atoms in total. The Kier molecular flexibility index (Phi) is 4.53. The van der Waals surface area contributed by atoms with Crippen LogP contribution in [0.4, 0.5) is 0 Å². The molecular weight excluding hydrogens is 342 g/mol. The Labute approximate surface area is 158 Å². The summed E-state index contributed by atoms with van der Waals surface area (Å²) in [6.07, 6.45) is 2.55. The fourth-order valence-corrected chi connectivity index (χ4v) is 3.39. The van der Waals surface area contributed by atoms with Crippen LogP contribution in [-0.4, -0.2) is 63.7 Å². The van der Waals surface area contributed by atoms with Crippen molar-refractivity contribution in [3.8, 4) is 17.3 Å². The molecule has 1 unspecified atom stereocenters. The van der Waals surface area contributed by atoms with Crippen molar-refractivity contribution in [1.29, 1.82) is 0 Å². The van der Waals surface area contributed by atoms with Crippen LogP contribution in [0.3, 0.4) is 0 Å². The zero-order valence-electron chi connectivity index (χ0n) is 15.8. The van der Waals surface area contributed by atoms with Crippen molar-refractivity contribution in [3.05, 3.63) is 54.0 Å². The molecule has 140 valence electrons. The Hall–Kier alpha value is -2.93. The Morgan fingerprint density at radius 3 is 2.67 bits per heavy atom. The van der Waals surface area contributed by atoms with Crippen LogP contribution in [0.5, 0.6) is 0 Å². The van der Waals surface area contributed by atoms with Crippen molar-refractivity contribution in [3.63, 3.8) is 0 Å². The molecule has 1 aliphatic rings. The minimum absolute atomic E-state index is 0.172. The summed E-state index contributed by atoms with van der Waals surface area (Å²) in [4.78, 5) is 21.5. The molecule has 0 radical (unpaired) electrons. The van der Waals surface area contributed by atoms with Gasteiger partial charge in [-0.05, 0) is 51.2 Å². The van der Waals surface area contributed by atoms with Crippen LogP contribution in [0.2, 0.25) is 0 Å². The number of carbonyl (C=O) groups is 1. The van der Waals surface area contributed by atoms with E-state index in [4.69, 9.17) is 4.42 Å². The number of aromatic nitrogens is 3. The highest BCUT2D eigenvalue weighted by Crippen LogP contribution is 2.23. The molecule has 0 N–H and O–H groups in total. The number of nitrogens with zero attached hydrogens (tertiary/aromatic N) is 5. The van der Waals surface area contributed by atoms with Gasteiger partial charge >= 0.3 is 0 Å². The van der Waals surface area contributed by atoms with Crippen molar-refractivity contribution in [2.75, 3.05) is 27.2 Å². The molecule has 1 amide bonds. The lowest BCUT2D eigenvalue weighted by atomic mass is 10.2. The molecule has 1 aromatic carbocycles. The van der Waals surface area contributed by atoms with E-state index in [-0.39, 0.29) is 17.8 Å². The number of hydrogen-bond acceptors (Lipinski definition) is 5. The predicted octanol–water partition coefficient (Wildman–Crippen LogP) is 2.61. The van der Waals surface area contributed by atoms with Crippen LogP contribution in [-0.2, 0) is 0 Å². The first-order valence-corrected chi connectivity index (χ1v) is 9.06. The lowest BCUT2D eigenvalue weighted by Gasteiger charge is -2.22. The van der Waals surface area contributed by atoms with Gasteiger partial charge in [0.05, 0.1) is 12.0 Å². The molecule has 27 heavy (non-hydrogen) atoms. The number of hydrogen-bond donors (Lipinski definition) is 0. The van der Waals surface area contributed by atoms with Gasteiger partial charge in [0.15, 0.2) is 11.6 Å². The van der Waals surface area contributed by atoms with Gasteiger partial charge in [-0.25, -0.2) is 4.68 Å². The van der Waals surface area contributed by atoms with Crippen molar-refractivity contribution >= 4 is 5.91 Å². The number of likely N-dealkylation sites (tertiary alicyclic amines) is 1. The first-order valence-electron chi connectivity index (χ1n) is 9.06. The van der Waals surface area contributed by atoms with Crippen LogP contribution >= 0.6 is 0 Å². The molecule has 1 aliphatic heterocycles. The molecule has 4 rings (SSSR count). The van der Waals surface area contributed by atoms with E-state index in [0.717, 1.165) is 30.8 Å². The second-order valence-corrected chi connectivity index (χ2v) is 7.10. The van der Waals surface area contributed by atoms with Crippen LogP contribution in [0, 0.1) is 6.92 Å². The van der Waals surface area contributed by atoms with Gasteiger partial charge in [-0.15, -0.1) is 5.10 Å². The van der Waals surface area contributed by atoms with E-state index in [1.807, 2.05) is 44.3 Å². The van der Waals surface area contributed by atoms with Gasteiger partial charge in [0, 0.05) is 19.6 Å². The number of amides is 1. The van der Waals surface area contributed by atoms with E-state index in [1.165, 1.54) is 0 Å². The van der Waals surface area contributed by atoms with Crippen molar-refractivity contribution < 1.29 is 9.21 Å². The minimum Gasteiger partial charge on any atom is -0.461 e. The average molecular weight is 365 g/mol. The summed E-state index contributed by atoms with van der Waals surface area (Å²) in [5.74, 6) is 1.10. The molecule has 0 bridgehead atoms. The molecule has 0 saturated carbocycles. The number of aryl methyl sites for hydroxylation is 1. The summed E-state index contributed by atoms with van der Waals surface area (Å²) in [6, 6.07) is 11.7. The van der Waals surface area contributed by atoms with Gasteiger partial charge < -0.3 is 14.2 Å². The van der Waals surface area contributed by atoms with E-state index in [2.05, 4.69) is 22.0 Å². The molecule has 0 aliphatic carbocycles. The third-order valence-corrected chi connectivity index (χ3v) is 5.05. The van der Waals surface area contributed by atoms with Crippen LogP contribution < -0.4 is 0 Å². The Bertz CT molecular complexity index is 930. The first kappa shape index (κ1) is 17.5. The van der Waals surface area contributed by atoms with E-state index in [1.54, 1.807) is 21.9 Å². The maximum atomic E-state index is 13.0. The smallest absolute Gasteiger partial charge is 0.293 e. The summed E-state index contributed by atoms with van der Waals surface area (Å²) < 4.78 is 7.18. The Balaban J connectivity index is 1.71. The molecule has 2 aromatic heterocycles. The maximum absolute atomic E-state index is 13.0. The highest BCUT2D eigenvalue weighted by Gasteiger charge is 2.30. The summed E-state index contributed by atoms with van der Waals surface area (Å²) in [5.41, 5.74) is 1.99. The molecule has 0 spiro atoms.